The highest BCUT2D eigenvalue weighted by molar-refractivity contribution is 5.82. The molecule has 0 aliphatic heterocycles. The fraction of sp³-hybridized carbons (Fsp3) is 0.462. The Labute approximate surface area is 106 Å². The molecule has 0 saturated carbocycles. The van der Waals surface area contributed by atoms with Gasteiger partial charge in [0, 0.05) is 6.54 Å². The van der Waals surface area contributed by atoms with Gasteiger partial charge < -0.3 is 15.7 Å². The molecule has 3 N–H and O–H groups in total. The van der Waals surface area contributed by atoms with Crippen molar-refractivity contribution in [2.75, 3.05) is 13.6 Å². The Morgan fingerprint density at radius 3 is 2.50 bits per heavy atom. The lowest BCUT2D eigenvalue weighted by Gasteiger charge is -2.16. The number of benzene rings is 1. The van der Waals surface area contributed by atoms with E-state index >= 15 is 0 Å². The number of likely N-dealkylation sites (N-methyl/N-ethyl adjacent to an activating group) is 1. The Bertz CT molecular complexity index is 379. The van der Waals surface area contributed by atoms with Crippen molar-refractivity contribution in [2.45, 2.75) is 25.5 Å². The first-order chi connectivity index (χ1) is 8.52. The molecule has 1 rings (SSSR count). The average molecular weight is 254 g/mol. The van der Waals surface area contributed by atoms with E-state index in [1.54, 1.807) is 26.1 Å². The number of carbonyl (C=O) groups excluding carboxylic acids is 1. The van der Waals surface area contributed by atoms with Gasteiger partial charge in [-0.05, 0) is 38.1 Å². The molecule has 0 unspecified atom stereocenters. The molecule has 0 heterocycles. The molecule has 1 amide bonds. The summed E-state index contributed by atoms with van der Waals surface area (Å²) in [4.78, 5) is 11.8. The van der Waals surface area contributed by atoms with E-state index in [9.17, 15) is 9.18 Å². The zero-order valence-electron chi connectivity index (χ0n) is 10.6. The van der Waals surface area contributed by atoms with Crippen molar-refractivity contribution in [3.63, 3.8) is 0 Å². The van der Waals surface area contributed by atoms with Crippen molar-refractivity contribution in [3.05, 3.63) is 35.6 Å². The molecule has 0 fully saturated rings. The van der Waals surface area contributed by atoms with Gasteiger partial charge in [-0.3, -0.25) is 4.79 Å². The molecule has 0 radical (unpaired) electrons. The molecule has 0 saturated heterocycles. The van der Waals surface area contributed by atoms with Crippen LogP contribution in [0.3, 0.4) is 0 Å². The topological polar surface area (TPSA) is 61.4 Å². The number of aliphatic hydroxyl groups excluding tert-OH is 1. The minimum Gasteiger partial charge on any atom is -0.392 e. The third-order valence-corrected chi connectivity index (χ3v) is 2.59. The van der Waals surface area contributed by atoms with Gasteiger partial charge in [-0.2, -0.15) is 0 Å². The second-order valence-electron chi connectivity index (χ2n) is 4.27. The van der Waals surface area contributed by atoms with Crippen LogP contribution in [-0.4, -0.2) is 36.8 Å². The van der Waals surface area contributed by atoms with Crippen LogP contribution < -0.4 is 10.6 Å². The van der Waals surface area contributed by atoms with Gasteiger partial charge in [-0.1, -0.05) is 12.1 Å². The van der Waals surface area contributed by atoms with Crippen molar-refractivity contribution in [1.82, 2.24) is 10.6 Å². The highest BCUT2D eigenvalue weighted by Gasteiger charge is 2.16. The minimum atomic E-state index is -0.572. The molecular weight excluding hydrogens is 235 g/mol. The maximum atomic E-state index is 12.8. The van der Waals surface area contributed by atoms with E-state index < -0.39 is 12.1 Å². The summed E-state index contributed by atoms with van der Waals surface area (Å²) in [6.07, 6.45) is -0.0973. The maximum Gasteiger partial charge on any atom is 0.237 e. The molecule has 0 aliphatic carbocycles. The Balaban J connectivity index is 2.55. The van der Waals surface area contributed by atoms with Gasteiger partial charge >= 0.3 is 0 Å². The Morgan fingerprint density at radius 1 is 1.39 bits per heavy atom. The number of hydrogen-bond acceptors (Lipinski definition) is 3. The molecule has 2 atom stereocenters. The van der Waals surface area contributed by atoms with E-state index in [-0.39, 0.29) is 18.3 Å². The van der Waals surface area contributed by atoms with Crippen LogP contribution in [0.25, 0.3) is 0 Å². The van der Waals surface area contributed by atoms with Gasteiger partial charge in [0.15, 0.2) is 0 Å². The van der Waals surface area contributed by atoms with E-state index in [0.29, 0.717) is 6.42 Å². The Morgan fingerprint density at radius 2 is 2.00 bits per heavy atom. The van der Waals surface area contributed by atoms with Gasteiger partial charge in [0.1, 0.15) is 5.82 Å². The molecule has 0 spiro atoms. The number of hydrogen-bond donors (Lipinski definition) is 3. The summed E-state index contributed by atoms with van der Waals surface area (Å²) in [6, 6.07) is 5.66. The lowest BCUT2D eigenvalue weighted by atomic mass is 10.1. The number of halogens is 1. The normalized spacial score (nSPS) is 14.0. The van der Waals surface area contributed by atoms with Crippen LogP contribution in [0, 0.1) is 5.82 Å². The first kappa shape index (κ1) is 14.6. The second-order valence-corrected chi connectivity index (χ2v) is 4.27. The molecule has 18 heavy (non-hydrogen) atoms. The van der Waals surface area contributed by atoms with Gasteiger partial charge in [-0.25, -0.2) is 4.39 Å². The number of amides is 1. The Hall–Kier alpha value is -1.46. The van der Waals surface area contributed by atoms with Crippen molar-refractivity contribution >= 4 is 5.91 Å². The summed E-state index contributed by atoms with van der Waals surface area (Å²) in [5.41, 5.74) is 0.878. The fourth-order valence-electron chi connectivity index (χ4n) is 1.55. The standard InChI is InChI=1S/C13H19FN2O2/c1-9(17)8-16-13(18)12(15-2)7-10-3-5-11(14)6-4-10/h3-6,9,12,15,17H,7-8H2,1-2H3,(H,16,18)/t9-,12-/m1/s1. The van der Waals surface area contributed by atoms with Crippen LogP contribution in [0.5, 0.6) is 0 Å². The predicted molar refractivity (Wildman–Crippen MR) is 67.6 cm³/mol. The average Bonchev–Trinajstić information content (AvgIpc) is 2.35. The smallest absolute Gasteiger partial charge is 0.237 e. The SMILES string of the molecule is CN[C@H](Cc1ccc(F)cc1)C(=O)NC[C@@H](C)O. The summed E-state index contributed by atoms with van der Waals surface area (Å²) in [5.74, 6) is -0.471. The van der Waals surface area contributed by atoms with E-state index in [1.807, 2.05) is 0 Å². The lowest BCUT2D eigenvalue weighted by Crippen LogP contribution is -2.45. The Kier molecular flexibility index (Phi) is 5.74. The van der Waals surface area contributed by atoms with Gasteiger partial charge in [0.25, 0.3) is 0 Å². The van der Waals surface area contributed by atoms with Crippen LogP contribution in [-0.2, 0) is 11.2 Å². The van der Waals surface area contributed by atoms with E-state index in [2.05, 4.69) is 10.6 Å². The van der Waals surface area contributed by atoms with Crippen LogP contribution >= 0.6 is 0 Å². The molecular formula is C13H19FN2O2. The van der Waals surface area contributed by atoms with E-state index in [0.717, 1.165) is 5.56 Å². The molecule has 100 valence electrons. The molecule has 5 heteroatoms. The number of rotatable bonds is 6. The summed E-state index contributed by atoms with van der Waals surface area (Å²) in [6.45, 7) is 1.83. The third kappa shape index (κ3) is 4.81. The molecule has 4 nitrogen and oxygen atoms in total. The highest BCUT2D eigenvalue weighted by atomic mass is 19.1. The van der Waals surface area contributed by atoms with Crippen molar-refractivity contribution in [1.29, 1.82) is 0 Å². The summed E-state index contributed by atoms with van der Waals surface area (Å²) in [5, 5.41) is 14.6. The van der Waals surface area contributed by atoms with Gasteiger partial charge in [0.2, 0.25) is 5.91 Å². The predicted octanol–water partition coefficient (Wildman–Crippen LogP) is 0.453. The van der Waals surface area contributed by atoms with Crippen LogP contribution in [0.1, 0.15) is 12.5 Å². The lowest BCUT2D eigenvalue weighted by molar-refractivity contribution is -0.123. The zero-order chi connectivity index (χ0) is 13.5. The first-order valence-electron chi connectivity index (χ1n) is 5.90. The molecule has 0 bridgehead atoms. The summed E-state index contributed by atoms with van der Waals surface area (Å²) >= 11 is 0. The number of aliphatic hydroxyl groups is 1. The zero-order valence-corrected chi connectivity index (χ0v) is 10.6. The quantitative estimate of drug-likeness (QED) is 0.691. The highest BCUT2D eigenvalue weighted by Crippen LogP contribution is 2.06. The van der Waals surface area contributed by atoms with Crippen LogP contribution in [0.15, 0.2) is 24.3 Å². The van der Waals surface area contributed by atoms with Crippen molar-refractivity contribution in [3.8, 4) is 0 Å². The van der Waals surface area contributed by atoms with Gasteiger partial charge in [0.05, 0.1) is 12.1 Å². The van der Waals surface area contributed by atoms with Crippen molar-refractivity contribution < 1.29 is 14.3 Å². The maximum absolute atomic E-state index is 12.8. The largest absolute Gasteiger partial charge is 0.392 e. The molecule has 1 aromatic rings. The molecule has 0 aliphatic rings. The van der Waals surface area contributed by atoms with Crippen LogP contribution in [0.4, 0.5) is 4.39 Å². The van der Waals surface area contributed by atoms with Crippen LogP contribution in [0.2, 0.25) is 0 Å². The monoisotopic (exact) mass is 254 g/mol. The fourth-order valence-corrected chi connectivity index (χ4v) is 1.55. The molecule has 1 aromatic carbocycles. The second kappa shape index (κ2) is 7.08. The first-order valence-corrected chi connectivity index (χ1v) is 5.90. The number of carbonyl (C=O) groups is 1. The third-order valence-electron chi connectivity index (χ3n) is 2.59. The van der Waals surface area contributed by atoms with Crippen molar-refractivity contribution in [2.24, 2.45) is 0 Å². The summed E-state index contributed by atoms with van der Waals surface area (Å²) < 4.78 is 12.8. The van der Waals surface area contributed by atoms with Gasteiger partial charge in [-0.15, -0.1) is 0 Å². The van der Waals surface area contributed by atoms with E-state index in [1.165, 1.54) is 12.1 Å². The minimum absolute atomic E-state index is 0.178. The molecule has 0 aromatic heterocycles. The summed E-state index contributed by atoms with van der Waals surface area (Å²) in [7, 11) is 1.69. The van der Waals surface area contributed by atoms with E-state index in [4.69, 9.17) is 5.11 Å². The number of nitrogens with one attached hydrogen (secondary N) is 2.